The predicted molar refractivity (Wildman–Crippen MR) is 66.7 cm³/mol. The van der Waals surface area contributed by atoms with E-state index in [-0.39, 0.29) is 24.2 Å². The van der Waals surface area contributed by atoms with E-state index >= 15 is 0 Å². The minimum Gasteiger partial charge on any atom is -0.394 e. The first-order chi connectivity index (χ1) is 7.88. The number of morpholine rings is 1. The van der Waals surface area contributed by atoms with Gasteiger partial charge in [0.15, 0.2) is 0 Å². The van der Waals surface area contributed by atoms with Crippen LogP contribution in [-0.2, 0) is 9.53 Å². The molecule has 4 heteroatoms. The van der Waals surface area contributed by atoms with E-state index in [9.17, 15) is 9.90 Å². The molecule has 1 fully saturated rings. The molecule has 0 aromatic carbocycles. The van der Waals surface area contributed by atoms with Crippen LogP contribution in [0.25, 0.3) is 0 Å². The number of nitrogens with zero attached hydrogens (tertiary/aromatic N) is 1. The summed E-state index contributed by atoms with van der Waals surface area (Å²) in [6.45, 7) is 9.19. The summed E-state index contributed by atoms with van der Waals surface area (Å²) in [5.41, 5.74) is -0.364. The van der Waals surface area contributed by atoms with Crippen LogP contribution in [0.4, 0.5) is 0 Å². The molecule has 4 nitrogen and oxygen atoms in total. The van der Waals surface area contributed by atoms with Crippen molar-refractivity contribution in [3.63, 3.8) is 0 Å². The van der Waals surface area contributed by atoms with Crippen LogP contribution in [0.15, 0.2) is 0 Å². The van der Waals surface area contributed by atoms with Gasteiger partial charge in [0.1, 0.15) is 0 Å². The van der Waals surface area contributed by atoms with Gasteiger partial charge in [0, 0.05) is 19.5 Å². The van der Waals surface area contributed by atoms with Gasteiger partial charge in [-0.15, -0.1) is 0 Å². The maximum atomic E-state index is 12.1. The number of hydrogen-bond acceptors (Lipinski definition) is 3. The molecule has 0 saturated carbocycles. The first-order valence-electron chi connectivity index (χ1n) is 6.44. The fraction of sp³-hybridized carbons (Fsp3) is 0.923. The fourth-order valence-electron chi connectivity index (χ4n) is 2.15. The second-order valence-corrected chi connectivity index (χ2v) is 5.67. The Morgan fingerprint density at radius 1 is 1.59 bits per heavy atom. The highest BCUT2D eigenvalue weighted by atomic mass is 16.5. The Labute approximate surface area is 104 Å². The van der Waals surface area contributed by atoms with Gasteiger partial charge in [0.2, 0.25) is 5.91 Å². The standard InChI is InChI=1S/C13H25NO3/c1-5-10(2)6-12(16)14-7-11(8-15)17-13(3,4)9-14/h10-11,15H,5-9H2,1-4H3. The Morgan fingerprint density at radius 3 is 2.76 bits per heavy atom. The van der Waals surface area contributed by atoms with Crippen molar-refractivity contribution in [3.05, 3.63) is 0 Å². The van der Waals surface area contributed by atoms with Crippen LogP contribution in [0.1, 0.15) is 40.5 Å². The highest BCUT2D eigenvalue weighted by Crippen LogP contribution is 2.22. The van der Waals surface area contributed by atoms with E-state index in [0.29, 0.717) is 25.4 Å². The zero-order valence-corrected chi connectivity index (χ0v) is 11.4. The molecule has 1 saturated heterocycles. The maximum absolute atomic E-state index is 12.1. The largest absolute Gasteiger partial charge is 0.394 e. The van der Waals surface area contributed by atoms with E-state index in [1.165, 1.54) is 0 Å². The monoisotopic (exact) mass is 243 g/mol. The highest BCUT2D eigenvalue weighted by molar-refractivity contribution is 5.76. The summed E-state index contributed by atoms with van der Waals surface area (Å²) in [6.07, 6.45) is 1.35. The third-order valence-corrected chi connectivity index (χ3v) is 3.26. The van der Waals surface area contributed by atoms with Crippen molar-refractivity contribution in [2.75, 3.05) is 19.7 Å². The van der Waals surface area contributed by atoms with Crippen LogP contribution in [0.3, 0.4) is 0 Å². The van der Waals surface area contributed by atoms with Gasteiger partial charge >= 0.3 is 0 Å². The lowest BCUT2D eigenvalue weighted by molar-refractivity contribution is -0.167. The summed E-state index contributed by atoms with van der Waals surface area (Å²) in [5, 5.41) is 9.19. The topological polar surface area (TPSA) is 49.8 Å². The molecule has 0 bridgehead atoms. The Balaban J connectivity index is 2.60. The lowest BCUT2D eigenvalue weighted by Gasteiger charge is -2.42. The summed E-state index contributed by atoms with van der Waals surface area (Å²) < 4.78 is 5.69. The first kappa shape index (κ1) is 14.5. The van der Waals surface area contributed by atoms with Gasteiger partial charge in [-0.2, -0.15) is 0 Å². The number of rotatable bonds is 4. The summed E-state index contributed by atoms with van der Waals surface area (Å²) in [6, 6.07) is 0. The summed E-state index contributed by atoms with van der Waals surface area (Å²) in [4.78, 5) is 13.9. The zero-order valence-electron chi connectivity index (χ0n) is 11.4. The number of carbonyl (C=O) groups is 1. The third-order valence-electron chi connectivity index (χ3n) is 3.26. The average Bonchev–Trinajstić information content (AvgIpc) is 2.26. The molecule has 0 radical (unpaired) electrons. The van der Waals surface area contributed by atoms with Crippen LogP contribution in [0.2, 0.25) is 0 Å². The van der Waals surface area contributed by atoms with Crippen LogP contribution in [-0.4, -0.2) is 47.3 Å². The van der Waals surface area contributed by atoms with Crippen LogP contribution in [0.5, 0.6) is 0 Å². The molecule has 100 valence electrons. The van der Waals surface area contributed by atoms with Gasteiger partial charge in [-0.25, -0.2) is 0 Å². The van der Waals surface area contributed by atoms with Gasteiger partial charge in [-0.3, -0.25) is 4.79 Å². The van der Waals surface area contributed by atoms with Crippen LogP contribution in [0, 0.1) is 5.92 Å². The molecule has 0 aliphatic carbocycles. The Bertz CT molecular complexity index is 265. The Hall–Kier alpha value is -0.610. The molecular weight excluding hydrogens is 218 g/mol. The number of carbonyl (C=O) groups excluding carboxylic acids is 1. The molecule has 0 spiro atoms. The van der Waals surface area contributed by atoms with Gasteiger partial charge in [0.05, 0.1) is 18.3 Å². The minimum atomic E-state index is -0.364. The summed E-state index contributed by atoms with van der Waals surface area (Å²) >= 11 is 0. The van der Waals surface area contributed by atoms with Crippen molar-refractivity contribution in [1.82, 2.24) is 4.90 Å². The van der Waals surface area contributed by atoms with Crippen molar-refractivity contribution in [2.45, 2.75) is 52.2 Å². The molecule has 2 unspecified atom stereocenters. The maximum Gasteiger partial charge on any atom is 0.223 e. The minimum absolute atomic E-state index is 0.0312. The van der Waals surface area contributed by atoms with Gasteiger partial charge < -0.3 is 14.7 Å². The van der Waals surface area contributed by atoms with Gasteiger partial charge in [0.25, 0.3) is 0 Å². The quantitative estimate of drug-likeness (QED) is 0.812. The number of aliphatic hydroxyl groups excluding tert-OH is 1. The Morgan fingerprint density at radius 2 is 2.24 bits per heavy atom. The highest BCUT2D eigenvalue weighted by Gasteiger charge is 2.35. The van der Waals surface area contributed by atoms with Crippen molar-refractivity contribution in [2.24, 2.45) is 5.92 Å². The molecule has 1 aliphatic heterocycles. The Kier molecular flexibility index (Phi) is 4.95. The second kappa shape index (κ2) is 5.83. The third kappa shape index (κ3) is 4.28. The SMILES string of the molecule is CCC(C)CC(=O)N1CC(CO)OC(C)(C)C1. The average molecular weight is 243 g/mol. The van der Waals surface area contributed by atoms with Crippen molar-refractivity contribution < 1.29 is 14.6 Å². The second-order valence-electron chi connectivity index (χ2n) is 5.67. The molecule has 2 atom stereocenters. The molecule has 1 aliphatic rings. The van der Waals surface area contributed by atoms with E-state index in [0.717, 1.165) is 6.42 Å². The van der Waals surface area contributed by atoms with E-state index in [1.807, 2.05) is 18.7 Å². The van der Waals surface area contributed by atoms with E-state index in [1.54, 1.807) is 0 Å². The molecule has 1 rings (SSSR count). The summed E-state index contributed by atoms with van der Waals surface area (Å²) in [7, 11) is 0. The van der Waals surface area contributed by atoms with Crippen molar-refractivity contribution in [3.8, 4) is 0 Å². The molecule has 0 aromatic rings. The van der Waals surface area contributed by atoms with Gasteiger partial charge in [-0.05, 0) is 19.8 Å². The number of hydrogen-bond donors (Lipinski definition) is 1. The number of aliphatic hydroxyl groups is 1. The smallest absolute Gasteiger partial charge is 0.223 e. The normalized spacial score (nSPS) is 25.7. The molecule has 17 heavy (non-hydrogen) atoms. The van der Waals surface area contributed by atoms with Crippen molar-refractivity contribution >= 4 is 5.91 Å². The van der Waals surface area contributed by atoms with Crippen LogP contribution >= 0.6 is 0 Å². The lowest BCUT2D eigenvalue weighted by Crippen LogP contribution is -2.55. The lowest BCUT2D eigenvalue weighted by atomic mass is 10.0. The molecule has 0 aromatic heterocycles. The summed E-state index contributed by atoms with van der Waals surface area (Å²) in [5.74, 6) is 0.593. The first-order valence-corrected chi connectivity index (χ1v) is 6.44. The molecular formula is C13H25NO3. The molecule has 1 amide bonds. The van der Waals surface area contributed by atoms with Crippen molar-refractivity contribution in [1.29, 1.82) is 0 Å². The van der Waals surface area contributed by atoms with E-state index in [2.05, 4.69) is 13.8 Å². The van der Waals surface area contributed by atoms with Gasteiger partial charge in [-0.1, -0.05) is 20.3 Å². The van der Waals surface area contributed by atoms with E-state index in [4.69, 9.17) is 4.74 Å². The molecule has 1 N–H and O–H groups in total. The number of ether oxygens (including phenoxy) is 1. The zero-order chi connectivity index (χ0) is 13.1. The predicted octanol–water partition coefficient (Wildman–Crippen LogP) is 1.42. The fourth-order valence-corrected chi connectivity index (χ4v) is 2.15. The number of amides is 1. The molecule has 1 heterocycles. The van der Waals surface area contributed by atoms with E-state index < -0.39 is 0 Å². The van der Waals surface area contributed by atoms with Crippen LogP contribution < -0.4 is 0 Å².